The van der Waals surface area contributed by atoms with E-state index in [9.17, 15) is 0 Å². The normalized spacial score (nSPS) is 20.6. The second-order valence-corrected chi connectivity index (χ2v) is 1.67. The van der Waals surface area contributed by atoms with Gasteiger partial charge in [0, 0.05) is 6.61 Å². The van der Waals surface area contributed by atoms with Crippen LogP contribution >= 0.6 is 0 Å². The molecule has 0 atom stereocenters. The van der Waals surface area contributed by atoms with E-state index >= 15 is 0 Å². The van der Waals surface area contributed by atoms with Crippen LogP contribution in [0.2, 0.25) is 0 Å². The average molecular weight is 97.1 g/mol. The van der Waals surface area contributed by atoms with Gasteiger partial charge in [-0.25, -0.2) is 6.08 Å². The van der Waals surface area contributed by atoms with Gasteiger partial charge in [-0.15, -0.1) is 0 Å². The molecule has 0 aromatic carbocycles. The average Bonchev–Trinajstić information content (AvgIpc) is 1.90. The van der Waals surface area contributed by atoms with Crippen molar-refractivity contribution in [3.63, 3.8) is 0 Å². The van der Waals surface area contributed by atoms with Crippen molar-refractivity contribution in [1.29, 1.82) is 0 Å². The molecule has 0 spiro atoms. The summed E-state index contributed by atoms with van der Waals surface area (Å²) < 4.78 is 4.89. The smallest absolute Gasteiger partial charge is 0.0453 e. The van der Waals surface area contributed by atoms with Gasteiger partial charge in [-0.1, -0.05) is 6.42 Å². The molecule has 0 bridgehead atoms. The molecular formula is C6H9O-. The molecule has 7 heavy (non-hydrogen) atoms. The minimum Gasteiger partial charge on any atom is -0.693 e. The van der Waals surface area contributed by atoms with Gasteiger partial charge in [0.15, 0.2) is 0 Å². The van der Waals surface area contributed by atoms with Crippen LogP contribution in [-0.4, -0.2) is 6.61 Å². The van der Waals surface area contributed by atoms with Crippen molar-refractivity contribution in [2.75, 3.05) is 6.61 Å². The first-order valence-corrected chi connectivity index (χ1v) is 2.69. The Balaban J connectivity index is 2.20. The van der Waals surface area contributed by atoms with Gasteiger partial charge in [0.1, 0.15) is 0 Å². The summed E-state index contributed by atoms with van der Waals surface area (Å²) in [7, 11) is 0. The minimum absolute atomic E-state index is 0.858. The number of allylic oxidation sites excluding steroid dienone is 1. The fourth-order valence-corrected chi connectivity index (χ4v) is 0.597. The molecule has 0 aromatic heterocycles. The third kappa shape index (κ3) is 1.62. The van der Waals surface area contributed by atoms with E-state index in [0.717, 1.165) is 13.0 Å². The Hall–Kier alpha value is -0.460. The molecule has 1 heterocycles. The maximum atomic E-state index is 4.89. The highest BCUT2D eigenvalue weighted by Gasteiger charge is 1.81. The Kier molecular flexibility index (Phi) is 1.79. The van der Waals surface area contributed by atoms with E-state index in [-0.39, 0.29) is 0 Å². The predicted molar refractivity (Wildman–Crippen MR) is 27.6 cm³/mol. The lowest BCUT2D eigenvalue weighted by atomic mass is 10.2. The highest BCUT2D eigenvalue weighted by atomic mass is 16.5. The lowest BCUT2D eigenvalue weighted by molar-refractivity contribution is 0.229. The van der Waals surface area contributed by atoms with Crippen molar-refractivity contribution in [3.05, 3.63) is 12.3 Å². The summed E-state index contributed by atoms with van der Waals surface area (Å²) in [6, 6.07) is 0. The van der Waals surface area contributed by atoms with Crippen LogP contribution in [0.25, 0.3) is 0 Å². The Morgan fingerprint density at radius 2 is 2.43 bits per heavy atom. The fourth-order valence-electron chi connectivity index (χ4n) is 0.597. The third-order valence-corrected chi connectivity index (χ3v) is 1.01. The van der Waals surface area contributed by atoms with E-state index in [4.69, 9.17) is 4.74 Å². The Morgan fingerprint density at radius 1 is 1.43 bits per heavy atom. The number of rotatable bonds is 0. The molecule has 1 rings (SSSR count). The highest BCUT2D eigenvalue weighted by molar-refractivity contribution is 4.69. The zero-order valence-corrected chi connectivity index (χ0v) is 4.31. The summed E-state index contributed by atoms with van der Waals surface area (Å²) in [6.45, 7) is 0.858. The zero-order chi connectivity index (χ0) is 4.95. The van der Waals surface area contributed by atoms with Gasteiger partial charge in [-0.3, -0.25) is 0 Å². The molecule has 1 aliphatic rings. The summed E-state index contributed by atoms with van der Waals surface area (Å²) in [5, 5.41) is 0. The van der Waals surface area contributed by atoms with Crippen LogP contribution in [-0.2, 0) is 4.74 Å². The minimum atomic E-state index is 0.858. The Bertz CT molecular complexity index is 58.6. The van der Waals surface area contributed by atoms with Crippen LogP contribution in [0.1, 0.15) is 19.3 Å². The topological polar surface area (TPSA) is 9.23 Å². The van der Waals surface area contributed by atoms with Gasteiger partial charge in [0.05, 0.1) is 0 Å². The van der Waals surface area contributed by atoms with Crippen LogP contribution in [0, 0.1) is 6.26 Å². The summed E-state index contributed by atoms with van der Waals surface area (Å²) in [5.74, 6) is 0. The molecule has 1 nitrogen and oxygen atoms in total. The van der Waals surface area contributed by atoms with Crippen molar-refractivity contribution in [1.82, 2.24) is 0 Å². The van der Waals surface area contributed by atoms with Gasteiger partial charge in [0.2, 0.25) is 0 Å². The first-order valence-electron chi connectivity index (χ1n) is 2.69. The largest absolute Gasteiger partial charge is 0.693 e. The summed E-state index contributed by atoms with van der Waals surface area (Å²) in [5.41, 5.74) is 0. The van der Waals surface area contributed by atoms with E-state index in [0.29, 0.717) is 0 Å². The van der Waals surface area contributed by atoms with Crippen molar-refractivity contribution in [2.24, 2.45) is 0 Å². The van der Waals surface area contributed by atoms with Gasteiger partial charge in [-0.05, 0) is 12.8 Å². The van der Waals surface area contributed by atoms with Gasteiger partial charge < -0.3 is 11.0 Å². The maximum Gasteiger partial charge on any atom is 0.0453 e. The molecule has 40 valence electrons. The molecule has 0 saturated heterocycles. The van der Waals surface area contributed by atoms with E-state index in [1.165, 1.54) is 12.8 Å². The highest BCUT2D eigenvalue weighted by Crippen LogP contribution is 2.00. The number of hydrogen-bond donors (Lipinski definition) is 0. The lowest BCUT2D eigenvalue weighted by Gasteiger charge is -2.06. The van der Waals surface area contributed by atoms with Crippen LogP contribution in [0.5, 0.6) is 0 Å². The molecule has 0 aliphatic carbocycles. The van der Waals surface area contributed by atoms with Crippen LogP contribution < -0.4 is 0 Å². The molecule has 0 fully saturated rings. The molecular weight excluding hydrogens is 88.1 g/mol. The predicted octanol–water partition coefficient (Wildman–Crippen LogP) is 1.50. The van der Waals surface area contributed by atoms with Gasteiger partial charge >= 0.3 is 0 Å². The Morgan fingerprint density at radius 3 is 3.43 bits per heavy atom. The molecule has 1 heteroatoms. The van der Waals surface area contributed by atoms with Crippen molar-refractivity contribution in [3.8, 4) is 0 Å². The number of ether oxygens (including phenoxy) is 1. The molecule has 0 N–H and O–H groups in total. The number of hydrogen-bond acceptors (Lipinski definition) is 1. The molecule has 0 radical (unpaired) electrons. The zero-order valence-electron chi connectivity index (χ0n) is 4.31. The quantitative estimate of drug-likeness (QED) is 0.416. The van der Waals surface area contributed by atoms with Crippen molar-refractivity contribution < 1.29 is 4.74 Å². The van der Waals surface area contributed by atoms with Crippen LogP contribution in [0.15, 0.2) is 6.08 Å². The molecule has 1 aliphatic heterocycles. The lowest BCUT2D eigenvalue weighted by Crippen LogP contribution is -1.81. The third-order valence-electron chi connectivity index (χ3n) is 1.01. The fraction of sp³-hybridized carbons (Fsp3) is 0.667. The van der Waals surface area contributed by atoms with Crippen molar-refractivity contribution in [2.45, 2.75) is 19.3 Å². The van der Waals surface area contributed by atoms with Gasteiger partial charge in [-0.2, -0.15) is 0 Å². The first kappa shape index (κ1) is 4.69. The van der Waals surface area contributed by atoms with Gasteiger partial charge in [0.25, 0.3) is 0 Å². The monoisotopic (exact) mass is 97.1 g/mol. The summed E-state index contributed by atoms with van der Waals surface area (Å²) in [4.78, 5) is 0. The second-order valence-electron chi connectivity index (χ2n) is 1.67. The van der Waals surface area contributed by atoms with Crippen LogP contribution in [0.3, 0.4) is 0 Å². The van der Waals surface area contributed by atoms with E-state index in [1.54, 1.807) is 0 Å². The summed E-state index contributed by atoms with van der Waals surface area (Å²) in [6.07, 6.45) is 8.25. The molecule has 0 aromatic rings. The van der Waals surface area contributed by atoms with E-state index in [2.05, 4.69) is 6.26 Å². The molecule has 0 unspecified atom stereocenters. The molecule has 0 saturated carbocycles. The summed E-state index contributed by atoms with van der Waals surface area (Å²) >= 11 is 0. The van der Waals surface area contributed by atoms with E-state index in [1.807, 2.05) is 6.08 Å². The second kappa shape index (κ2) is 2.67. The SMILES string of the molecule is [C-]1=CCCCCO1. The first-order chi connectivity index (χ1) is 3.50. The Labute approximate surface area is 44.0 Å². The standard InChI is InChI=1S/C6H9O/c1-2-4-6-7-5-3-1/h3H,1-2,4,6H2/q-1. The van der Waals surface area contributed by atoms with Crippen molar-refractivity contribution >= 4 is 0 Å². The van der Waals surface area contributed by atoms with E-state index < -0.39 is 0 Å². The van der Waals surface area contributed by atoms with Crippen LogP contribution in [0.4, 0.5) is 0 Å². The molecule has 0 amide bonds. The maximum absolute atomic E-state index is 4.89.